The number of benzene rings is 1. The molecule has 1 amide bonds. The number of piperidine rings is 1. The van der Waals surface area contributed by atoms with Crippen molar-refractivity contribution in [2.24, 2.45) is 5.92 Å². The van der Waals surface area contributed by atoms with Crippen molar-refractivity contribution >= 4 is 27.5 Å². The van der Waals surface area contributed by atoms with Gasteiger partial charge in [0, 0.05) is 57.4 Å². The molecular weight excluding hydrogens is 426 g/mol. The van der Waals surface area contributed by atoms with E-state index in [0.717, 1.165) is 45.5 Å². The molecule has 0 N–H and O–H groups in total. The molecule has 7 nitrogen and oxygen atoms in total. The van der Waals surface area contributed by atoms with Crippen LogP contribution in [-0.4, -0.2) is 87.0 Å². The van der Waals surface area contributed by atoms with E-state index in [1.165, 1.54) is 16.4 Å². The van der Waals surface area contributed by atoms with Crippen LogP contribution in [0, 0.1) is 5.92 Å². The Morgan fingerprint density at radius 2 is 1.77 bits per heavy atom. The van der Waals surface area contributed by atoms with Gasteiger partial charge in [0.2, 0.25) is 15.9 Å². The zero-order chi connectivity index (χ0) is 21.1. The lowest BCUT2D eigenvalue weighted by Crippen LogP contribution is -2.53. The number of carbonyl (C=O) groups excluding carboxylic acids is 1. The fraction of sp³-hybridized carbons (Fsp3) is 0.667. The van der Waals surface area contributed by atoms with Gasteiger partial charge in [-0.05, 0) is 49.9 Å². The number of halogens is 1. The number of nitrogens with zero attached hydrogens (tertiary/aromatic N) is 3. The van der Waals surface area contributed by atoms with Gasteiger partial charge in [-0.25, -0.2) is 8.42 Å². The summed E-state index contributed by atoms with van der Waals surface area (Å²) in [5.74, 6) is -0.187. The van der Waals surface area contributed by atoms with Crippen molar-refractivity contribution in [3.05, 3.63) is 29.3 Å². The van der Waals surface area contributed by atoms with Crippen LogP contribution >= 0.6 is 11.6 Å². The monoisotopic (exact) mass is 455 g/mol. The molecule has 3 saturated heterocycles. The third-order valence-electron chi connectivity index (χ3n) is 6.35. The minimum Gasteiger partial charge on any atom is -0.377 e. The van der Waals surface area contributed by atoms with E-state index in [2.05, 4.69) is 4.90 Å². The summed E-state index contributed by atoms with van der Waals surface area (Å²) in [6.45, 7) is 5.61. The summed E-state index contributed by atoms with van der Waals surface area (Å²) >= 11 is 5.89. The SMILES string of the molecule is O=C(C1CCCN(S(=O)(=O)c2ccc(Cl)cc2)C1)N1CCN(CC2CCCO2)CC1. The van der Waals surface area contributed by atoms with E-state index >= 15 is 0 Å². The molecule has 0 aromatic heterocycles. The summed E-state index contributed by atoms with van der Waals surface area (Å²) in [4.78, 5) is 17.6. The van der Waals surface area contributed by atoms with Gasteiger partial charge in [0.05, 0.1) is 16.9 Å². The Morgan fingerprint density at radius 3 is 2.43 bits per heavy atom. The van der Waals surface area contributed by atoms with Crippen LogP contribution in [0.3, 0.4) is 0 Å². The maximum absolute atomic E-state index is 13.1. The number of amides is 1. The summed E-state index contributed by atoms with van der Waals surface area (Å²) in [6.07, 6.45) is 4.03. The smallest absolute Gasteiger partial charge is 0.243 e. The van der Waals surface area contributed by atoms with Gasteiger partial charge in [-0.15, -0.1) is 0 Å². The summed E-state index contributed by atoms with van der Waals surface area (Å²) in [6, 6.07) is 6.21. The maximum atomic E-state index is 13.1. The molecule has 1 aromatic carbocycles. The number of hydrogen-bond acceptors (Lipinski definition) is 5. The molecule has 3 heterocycles. The number of piperazine rings is 1. The first-order chi connectivity index (χ1) is 14.4. The molecule has 4 rings (SSSR count). The van der Waals surface area contributed by atoms with E-state index in [1.54, 1.807) is 12.1 Å². The molecule has 30 heavy (non-hydrogen) atoms. The van der Waals surface area contributed by atoms with E-state index in [1.807, 2.05) is 4.90 Å². The molecule has 166 valence electrons. The largest absolute Gasteiger partial charge is 0.377 e. The Bertz CT molecular complexity index is 834. The van der Waals surface area contributed by atoms with Crippen molar-refractivity contribution in [2.45, 2.75) is 36.7 Å². The summed E-state index contributed by atoms with van der Waals surface area (Å²) < 4.78 is 33.2. The molecule has 1 aromatic rings. The van der Waals surface area contributed by atoms with E-state index < -0.39 is 10.0 Å². The van der Waals surface area contributed by atoms with Gasteiger partial charge in [0.1, 0.15) is 0 Å². The number of rotatable bonds is 5. The third-order valence-corrected chi connectivity index (χ3v) is 8.49. The van der Waals surface area contributed by atoms with Crippen LogP contribution in [0.15, 0.2) is 29.2 Å². The molecule has 2 unspecified atom stereocenters. The molecule has 0 spiro atoms. The predicted octanol–water partition coefficient (Wildman–Crippen LogP) is 2.06. The predicted molar refractivity (Wildman–Crippen MR) is 115 cm³/mol. The quantitative estimate of drug-likeness (QED) is 0.679. The Labute approximate surface area is 184 Å². The summed E-state index contributed by atoms with van der Waals surface area (Å²) in [5.41, 5.74) is 0. The molecule has 2 atom stereocenters. The summed E-state index contributed by atoms with van der Waals surface area (Å²) in [7, 11) is -3.62. The molecule has 3 fully saturated rings. The van der Waals surface area contributed by atoms with Crippen molar-refractivity contribution in [2.75, 3.05) is 52.4 Å². The van der Waals surface area contributed by atoms with Crippen molar-refractivity contribution < 1.29 is 17.9 Å². The van der Waals surface area contributed by atoms with Crippen molar-refractivity contribution in [1.82, 2.24) is 14.1 Å². The fourth-order valence-corrected chi connectivity index (χ4v) is 6.25. The summed E-state index contributed by atoms with van der Waals surface area (Å²) in [5, 5.41) is 0.499. The number of hydrogen-bond donors (Lipinski definition) is 0. The second-order valence-corrected chi connectivity index (χ2v) is 10.8. The Morgan fingerprint density at radius 1 is 1.03 bits per heavy atom. The van der Waals surface area contributed by atoms with Gasteiger partial charge in [0.25, 0.3) is 0 Å². The molecule has 3 aliphatic rings. The van der Waals surface area contributed by atoms with Crippen LogP contribution in [0.1, 0.15) is 25.7 Å². The first-order valence-corrected chi connectivity index (χ1v) is 12.6. The zero-order valence-corrected chi connectivity index (χ0v) is 18.8. The molecule has 0 aliphatic carbocycles. The third kappa shape index (κ3) is 4.99. The molecule has 9 heteroatoms. The number of carbonyl (C=O) groups is 1. The molecule has 0 saturated carbocycles. The Hall–Kier alpha value is -1.19. The van der Waals surface area contributed by atoms with Crippen LogP contribution < -0.4 is 0 Å². The van der Waals surface area contributed by atoms with Crippen molar-refractivity contribution in [1.29, 1.82) is 0 Å². The highest BCUT2D eigenvalue weighted by atomic mass is 35.5. The minimum atomic E-state index is -3.62. The Kier molecular flexibility index (Phi) is 6.99. The average molecular weight is 456 g/mol. The van der Waals surface area contributed by atoms with Gasteiger partial charge in [0.15, 0.2) is 0 Å². The molecule has 0 bridgehead atoms. The molecule has 0 radical (unpaired) electrons. The van der Waals surface area contributed by atoms with Crippen LogP contribution in [0.25, 0.3) is 0 Å². The van der Waals surface area contributed by atoms with E-state index in [9.17, 15) is 13.2 Å². The highest BCUT2D eigenvalue weighted by molar-refractivity contribution is 7.89. The lowest BCUT2D eigenvalue weighted by atomic mass is 9.97. The van der Waals surface area contributed by atoms with Gasteiger partial charge < -0.3 is 9.64 Å². The molecular formula is C21H30ClN3O4S. The van der Waals surface area contributed by atoms with E-state index in [-0.39, 0.29) is 23.3 Å². The maximum Gasteiger partial charge on any atom is 0.243 e. The first kappa shape index (κ1) is 22.0. The second kappa shape index (κ2) is 9.53. The van der Waals surface area contributed by atoms with Crippen LogP contribution in [-0.2, 0) is 19.6 Å². The van der Waals surface area contributed by atoms with Crippen molar-refractivity contribution in [3.8, 4) is 0 Å². The lowest BCUT2D eigenvalue weighted by molar-refractivity contribution is -0.138. The lowest BCUT2D eigenvalue weighted by Gasteiger charge is -2.39. The van der Waals surface area contributed by atoms with Crippen LogP contribution in [0.5, 0.6) is 0 Å². The minimum absolute atomic E-state index is 0.0859. The van der Waals surface area contributed by atoms with Gasteiger partial charge >= 0.3 is 0 Å². The standard InChI is InChI=1S/C21H30ClN3O4S/c22-18-5-7-20(8-6-18)30(27,28)25-9-1-3-17(15-25)21(26)24-12-10-23(11-13-24)16-19-4-2-14-29-19/h5-8,17,19H,1-4,9-16H2. The van der Waals surface area contributed by atoms with Gasteiger partial charge in [-0.2, -0.15) is 4.31 Å². The highest BCUT2D eigenvalue weighted by Crippen LogP contribution is 2.26. The van der Waals surface area contributed by atoms with Gasteiger partial charge in [-0.1, -0.05) is 11.6 Å². The Balaban J connectivity index is 1.33. The molecule has 3 aliphatic heterocycles. The van der Waals surface area contributed by atoms with E-state index in [0.29, 0.717) is 37.2 Å². The first-order valence-electron chi connectivity index (χ1n) is 10.8. The number of sulfonamides is 1. The topological polar surface area (TPSA) is 70.2 Å². The van der Waals surface area contributed by atoms with Crippen molar-refractivity contribution in [3.63, 3.8) is 0 Å². The average Bonchev–Trinajstić information content (AvgIpc) is 3.27. The highest BCUT2D eigenvalue weighted by Gasteiger charge is 2.36. The second-order valence-electron chi connectivity index (χ2n) is 8.42. The van der Waals surface area contributed by atoms with Crippen LogP contribution in [0.4, 0.5) is 0 Å². The normalized spacial score (nSPS) is 26.8. The zero-order valence-electron chi connectivity index (χ0n) is 17.2. The van der Waals surface area contributed by atoms with E-state index in [4.69, 9.17) is 16.3 Å². The van der Waals surface area contributed by atoms with Crippen LogP contribution in [0.2, 0.25) is 5.02 Å². The van der Waals surface area contributed by atoms with Gasteiger partial charge in [-0.3, -0.25) is 9.69 Å². The fourth-order valence-electron chi connectivity index (χ4n) is 4.60. The number of ether oxygens (including phenoxy) is 1.